The van der Waals surface area contributed by atoms with E-state index >= 15 is 0 Å². The lowest BCUT2D eigenvalue weighted by Crippen LogP contribution is -2.40. The summed E-state index contributed by atoms with van der Waals surface area (Å²) in [6, 6.07) is 21.2. The van der Waals surface area contributed by atoms with E-state index in [9.17, 15) is 26.4 Å². The molecule has 1 aliphatic carbocycles. The number of Topliss-reactive ketones (excluding diaryl/α,β-unsaturated/α-hetero) is 2. The highest BCUT2D eigenvalue weighted by molar-refractivity contribution is 8.08. The van der Waals surface area contributed by atoms with Crippen molar-refractivity contribution in [3.63, 3.8) is 0 Å². The molecule has 0 heterocycles. The summed E-state index contributed by atoms with van der Waals surface area (Å²) in [5.74, 6) is -1.33. The fraction of sp³-hybridized carbons (Fsp3) is 0.344. The summed E-state index contributed by atoms with van der Waals surface area (Å²) in [5.41, 5.74) is 11.4. The third-order valence-corrected chi connectivity index (χ3v) is 11.6. The number of sulfone groups is 2. The number of carbonyl (C=O) groups is 2. The average Bonchev–Trinajstić information content (AvgIpc) is 2.98. The molecule has 0 bridgehead atoms. The van der Waals surface area contributed by atoms with Crippen molar-refractivity contribution in [1.82, 2.24) is 0 Å². The second-order valence-electron chi connectivity index (χ2n) is 10.9. The number of benzene rings is 3. The van der Waals surface area contributed by atoms with E-state index in [4.69, 9.17) is 5.53 Å². The molecule has 222 valence electrons. The highest BCUT2D eigenvalue weighted by atomic mass is 32.2. The maximum absolute atomic E-state index is 12.8. The van der Waals surface area contributed by atoms with Crippen molar-refractivity contribution >= 4 is 36.3 Å². The summed E-state index contributed by atoms with van der Waals surface area (Å²) in [6.45, 7) is 6.64. The first-order chi connectivity index (χ1) is 19.7. The normalized spacial score (nSPS) is 14.2. The Morgan fingerprint density at radius 2 is 1.21 bits per heavy atom. The molecule has 0 aromatic heterocycles. The van der Waals surface area contributed by atoms with Crippen molar-refractivity contribution in [3.05, 3.63) is 101 Å². The summed E-state index contributed by atoms with van der Waals surface area (Å²) < 4.78 is 48.9. The molecule has 0 saturated heterocycles. The molecule has 8 nitrogen and oxygen atoms in total. The van der Waals surface area contributed by atoms with Crippen LogP contribution in [0.15, 0.2) is 88.7 Å². The van der Waals surface area contributed by atoms with E-state index < -0.39 is 41.0 Å². The molecule has 42 heavy (non-hydrogen) atoms. The molecule has 3 aromatic rings. The Morgan fingerprint density at radius 1 is 0.738 bits per heavy atom. The van der Waals surface area contributed by atoms with Crippen molar-refractivity contribution in [3.8, 4) is 0 Å². The second kappa shape index (κ2) is 13.5. The zero-order valence-corrected chi connectivity index (χ0v) is 25.9. The molecule has 0 aliphatic heterocycles. The smallest absolute Gasteiger partial charge is 0.360 e. The largest absolute Gasteiger partial charge is 0.452 e. The Labute approximate surface area is 248 Å². The standard InChI is InChI=1S/C17H18O3S.C15H18N2O3S/c1-13-9-11-15(12-10-13)21(19,20)17(2,3)16(18)14-7-5-4-6-8-14;1-11-7-9-13(10-8-11)21(19,20)15(17-16)14(18)12-5-3-2-4-6-12/h4-12H,1-3H3;7-10,12H,2-6H2,1H3. The quantitative estimate of drug-likeness (QED) is 0.106. The van der Waals surface area contributed by atoms with Crippen LogP contribution in [0, 0.1) is 19.8 Å². The molecule has 4 rings (SSSR count). The van der Waals surface area contributed by atoms with Gasteiger partial charge in [0, 0.05) is 11.5 Å². The number of ketones is 2. The van der Waals surface area contributed by atoms with Crippen LogP contribution in [0.2, 0.25) is 0 Å². The van der Waals surface area contributed by atoms with Gasteiger partial charge in [-0.05, 0) is 64.8 Å². The lowest BCUT2D eigenvalue weighted by atomic mass is 9.86. The van der Waals surface area contributed by atoms with E-state index in [2.05, 4.69) is 4.79 Å². The minimum absolute atomic E-state index is 0.0231. The lowest BCUT2D eigenvalue weighted by molar-refractivity contribution is -0.120. The summed E-state index contributed by atoms with van der Waals surface area (Å²) in [7, 11) is -7.82. The molecule has 0 unspecified atom stereocenters. The van der Waals surface area contributed by atoms with Gasteiger partial charge in [-0.2, -0.15) is 0 Å². The van der Waals surface area contributed by atoms with Gasteiger partial charge in [-0.15, -0.1) is 4.79 Å². The van der Waals surface area contributed by atoms with Crippen LogP contribution in [0.3, 0.4) is 0 Å². The molecule has 1 aliphatic rings. The summed E-state index contributed by atoms with van der Waals surface area (Å²) in [4.78, 5) is 27.9. The predicted octanol–water partition coefficient (Wildman–Crippen LogP) is 5.98. The molecular formula is C32H36N2O6S2. The van der Waals surface area contributed by atoms with E-state index in [1.165, 1.54) is 26.0 Å². The molecule has 1 saturated carbocycles. The van der Waals surface area contributed by atoms with E-state index in [1.807, 2.05) is 13.8 Å². The molecular weight excluding hydrogens is 572 g/mol. The van der Waals surface area contributed by atoms with Gasteiger partial charge < -0.3 is 5.53 Å². The van der Waals surface area contributed by atoms with Crippen LogP contribution in [0.25, 0.3) is 5.53 Å². The summed E-state index contributed by atoms with van der Waals surface area (Å²) >= 11 is 0. The third-order valence-electron chi connectivity index (χ3n) is 7.45. The van der Waals surface area contributed by atoms with Crippen molar-refractivity contribution in [2.45, 2.75) is 74.3 Å². The second-order valence-corrected chi connectivity index (χ2v) is 15.3. The minimum Gasteiger partial charge on any atom is -0.360 e. The summed E-state index contributed by atoms with van der Waals surface area (Å²) in [5, 5.41) is -0.738. The van der Waals surface area contributed by atoms with E-state index in [0.717, 1.165) is 30.4 Å². The fourth-order valence-corrected chi connectivity index (χ4v) is 7.38. The van der Waals surface area contributed by atoms with Crippen LogP contribution in [0.5, 0.6) is 0 Å². The van der Waals surface area contributed by atoms with Gasteiger partial charge in [0.1, 0.15) is 4.75 Å². The van der Waals surface area contributed by atoms with Crippen molar-refractivity contribution in [2.75, 3.05) is 0 Å². The van der Waals surface area contributed by atoms with Gasteiger partial charge in [-0.3, -0.25) is 9.59 Å². The van der Waals surface area contributed by atoms with Crippen LogP contribution in [0.4, 0.5) is 0 Å². The van der Waals surface area contributed by atoms with Crippen LogP contribution in [-0.2, 0) is 24.5 Å². The third kappa shape index (κ3) is 7.18. The van der Waals surface area contributed by atoms with Crippen molar-refractivity contribution in [1.29, 1.82) is 0 Å². The first-order valence-corrected chi connectivity index (χ1v) is 16.7. The Bertz CT molecular complexity index is 1680. The van der Waals surface area contributed by atoms with Crippen molar-refractivity contribution in [2.24, 2.45) is 5.92 Å². The minimum atomic E-state index is -4.07. The van der Waals surface area contributed by atoms with E-state index in [-0.39, 0.29) is 15.7 Å². The predicted molar refractivity (Wildman–Crippen MR) is 162 cm³/mol. The van der Waals surface area contributed by atoms with Gasteiger partial charge in [0.15, 0.2) is 15.6 Å². The molecule has 0 N–H and O–H groups in total. The van der Waals surface area contributed by atoms with Crippen molar-refractivity contribution < 1.29 is 31.2 Å². The number of hydrogen-bond acceptors (Lipinski definition) is 6. The number of rotatable bonds is 7. The average molecular weight is 609 g/mol. The highest BCUT2D eigenvalue weighted by Gasteiger charge is 2.43. The summed E-state index contributed by atoms with van der Waals surface area (Å²) in [6.07, 6.45) is 4.17. The first-order valence-electron chi connectivity index (χ1n) is 13.7. The zero-order chi connectivity index (χ0) is 31.1. The van der Waals surface area contributed by atoms with Gasteiger partial charge in [0.05, 0.1) is 9.79 Å². The van der Waals surface area contributed by atoms with Crippen LogP contribution >= 0.6 is 0 Å². The lowest BCUT2D eigenvalue weighted by Gasteiger charge is -2.23. The van der Waals surface area contributed by atoms with Crippen LogP contribution in [-0.4, -0.2) is 43.0 Å². The number of hydrogen-bond donors (Lipinski definition) is 0. The maximum Gasteiger partial charge on any atom is 0.452 e. The Balaban J connectivity index is 0.000000230. The van der Waals surface area contributed by atoms with Crippen LogP contribution in [0.1, 0.15) is 67.4 Å². The van der Waals surface area contributed by atoms with Crippen LogP contribution < -0.4 is 0 Å². The maximum atomic E-state index is 12.8. The number of nitrogens with zero attached hydrogens (tertiary/aromatic N) is 2. The van der Waals surface area contributed by atoms with Gasteiger partial charge in [-0.25, -0.2) is 16.8 Å². The SMILES string of the molecule is Cc1ccc(S(=O)(=O)C(=[N+]=[N-])C(=O)C2CCCCC2)cc1.Cc1ccc(S(=O)(=O)C(C)(C)C(=O)c2ccccc2)cc1. The molecule has 1 fully saturated rings. The first kappa shape index (κ1) is 32.8. The molecule has 10 heteroatoms. The number of aryl methyl sites for hydroxylation is 2. The van der Waals surface area contributed by atoms with E-state index in [1.54, 1.807) is 66.7 Å². The molecule has 0 radical (unpaired) electrons. The van der Waals surface area contributed by atoms with Gasteiger partial charge in [0.25, 0.3) is 15.6 Å². The topological polar surface area (TPSA) is 139 Å². The Hall–Kier alpha value is -3.72. The molecule has 3 aromatic carbocycles. The highest BCUT2D eigenvalue weighted by Crippen LogP contribution is 2.29. The zero-order valence-electron chi connectivity index (χ0n) is 24.3. The number of carbonyl (C=O) groups excluding carboxylic acids is 2. The monoisotopic (exact) mass is 608 g/mol. The molecule has 0 atom stereocenters. The van der Waals surface area contributed by atoms with Gasteiger partial charge in [-0.1, -0.05) is 85.0 Å². The molecule has 0 spiro atoms. The fourth-order valence-electron chi connectivity index (χ4n) is 4.68. The van der Waals surface area contributed by atoms with Gasteiger partial charge >= 0.3 is 5.04 Å². The molecule has 0 amide bonds. The Kier molecular flexibility index (Phi) is 10.5. The van der Waals surface area contributed by atoms with Gasteiger partial charge in [0.2, 0.25) is 0 Å². The van der Waals surface area contributed by atoms with E-state index in [0.29, 0.717) is 18.4 Å². The Morgan fingerprint density at radius 3 is 1.69 bits per heavy atom.